The molecule has 0 radical (unpaired) electrons. The Hall–Kier alpha value is -2.41. The molecule has 7 heteroatoms. The third-order valence-corrected chi connectivity index (χ3v) is 6.22. The van der Waals surface area contributed by atoms with E-state index in [2.05, 4.69) is 15.7 Å². The number of ether oxygens (including phenoxy) is 2. The van der Waals surface area contributed by atoms with Crippen LogP contribution in [-0.2, 0) is 10.0 Å². The van der Waals surface area contributed by atoms with Gasteiger partial charge in [-0.2, -0.15) is 0 Å². The van der Waals surface area contributed by atoms with Gasteiger partial charge in [-0.05, 0) is 56.0 Å². The minimum atomic E-state index is -3.74. The first-order valence-corrected chi connectivity index (χ1v) is 10.5. The Labute approximate surface area is 161 Å². The fourth-order valence-corrected chi connectivity index (χ4v) is 4.39. The number of nitrogens with zero attached hydrogens (tertiary/aromatic N) is 1. The smallest absolute Gasteiger partial charge is 0.262 e. The van der Waals surface area contributed by atoms with Gasteiger partial charge in [0.1, 0.15) is 0 Å². The number of hydrogen-bond donors (Lipinski definition) is 1. The number of piperidine rings is 1. The van der Waals surface area contributed by atoms with E-state index in [9.17, 15) is 8.42 Å². The van der Waals surface area contributed by atoms with E-state index < -0.39 is 10.0 Å². The van der Waals surface area contributed by atoms with Gasteiger partial charge < -0.3 is 14.4 Å². The topological polar surface area (TPSA) is 67.9 Å². The van der Waals surface area contributed by atoms with Crippen molar-refractivity contribution in [2.24, 2.45) is 0 Å². The van der Waals surface area contributed by atoms with E-state index in [1.807, 2.05) is 19.1 Å². The van der Waals surface area contributed by atoms with Crippen LogP contribution in [0.1, 0.15) is 24.8 Å². The van der Waals surface area contributed by atoms with Crippen LogP contribution >= 0.6 is 0 Å². The largest absolute Gasteiger partial charge is 0.493 e. The summed E-state index contributed by atoms with van der Waals surface area (Å²) in [4.78, 5) is 2.43. The molecule has 1 fully saturated rings. The molecule has 0 atom stereocenters. The summed E-state index contributed by atoms with van der Waals surface area (Å²) in [5, 5.41) is 0. The Bertz CT molecular complexity index is 906. The molecular formula is C20H26N2O4S. The lowest BCUT2D eigenvalue weighted by Crippen LogP contribution is -2.29. The fourth-order valence-electron chi connectivity index (χ4n) is 3.26. The summed E-state index contributed by atoms with van der Waals surface area (Å²) in [6.07, 6.45) is 3.59. The number of aryl methyl sites for hydroxylation is 1. The summed E-state index contributed by atoms with van der Waals surface area (Å²) >= 11 is 0. The molecule has 0 saturated carbocycles. The summed E-state index contributed by atoms with van der Waals surface area (Å²) in [5.41, 5.74) is 2.51. The maximum absolute atomic E-state index is 12.9. The summed E-state index contributed by atoms with van der Waals surface area (Å²) in [5.74, 6) is 0.860. The molecule has 1 heterocycles. The van der Waals surface area contributed by atoms with Crippen LogP contribution in [0.2, 0.25) is 0 Å². The number of nitrogens with one attached hydrogen (secondary N) is 1. The van der Waals surface area contributed by atoms with Gasteiger partial charge in [0.15, 0.2) is 11.5 Å². The standard InChI is InChI=1S/C20H26N2O4S/c1-15-7-8-16(22-11-5-4-6-12-22)13-18(15)21-27(23,24)17-9-10-19(25-2)20(14-17)26-3/h7-10,13-14,21H,4-6,11-12H2,1-3H3. The predicted octanol–water partition coefficient (Wildman–Crippen LogP) is 3.80. The van der Waals surface area contributed by atoms with Crippen molar-refractivity contribution in [2.75, 3.05) is 36.9 Å². The van der Waals surface area contributed by atoms with E-state index in [0.717, 1.165) is 24.3 Å². The highest BCUT2D eigenvalue weighted by Gasteiger charge is 2.19. The van der Waals surface area contributed by atoms with Crippen molar-refractivity contribution in [3.05, 3.63) is 42.0 Å². The zero-order valence-corrected chi connectivity index (χ0v) is 16.8. The highest BCUT2D eigenvalue weighted by Crippen LogP contribution is 2.31. The number of benzene rings is 2. The van der Waals surface area contributed by atoms with Crippen molar-refractivity contribution in [3.63, 3.8) is 0 Å². The van der Waals surface area contributed by atoms with E-state index >= 15 is 0 Å². The van der Waals surface area contributed by atoms with Crippen molar-refractivity contribution in [3.8, 4) is 11.5 Å². The Morgan fingerprint density at radius 1 is 0.926 bits per heavy atom. The Morgan fingerprint density at radius 2 is 1.63 bits per heavy atom. The maximum Gasteiger partial charge on any atom is 0.262 e. The van der Waals surface area contributed by atoms with Crippen LogP contribution < -0.4 is 19.1 Å². The van der Waals surface area contributed by atoms with Gasteiger partial charge in [-0.3, -0.25) is 4.72 Å². The summed E-state index contributed by atoms with van der Waals surface area (Å²) in [7, 11) is -0.751. The SMILES string of the molecule is COc1ccc(S(=O)(=O)Nc2cc(N3CCCCC3)ccc2C)cc1OC. The molecule has 1 aliphatic rings. The van der Waals surface area contributed by atoms with Gasteiger partial charge in [0, 0.05) is 24.8 Å². The molecule has 2 aromatic rings. The molecule has 2 aromatic carbocycles. The molecule has 0 aromatic heterocycles. The van der Waals surface area contributed by atoms with Crippen molar-refractivity contribution in [2.45, 2.75) is 31.1 Å². The number of hydrogen-bond acceptors (Lipinski definition) is 5. The highest BCUT2D eigenvalue weighted by molar-refractivity contribution is 7.92. The molecule has 1 aliphatic heterocycles. The minimum absolute atomic E-state index is 0.128. The molecule has 1 saturated heterocycles. The molecule has 1 N–H and O–H groups in total. The zero-order chi connectivity index (χ0) is 19.4. The molecule has 146 valence electrons. The maximum atomic E-state index is 12.9. The van der Waals surface area contributed by atoms with Crippen molar-refractivity contribution >= 4 is 21.4 Å². The molecule has 6 nitrogen and oxygen atoms in total. The van der Waals surface area contributed by atoms with Crippen LogP contribution in [0.5, 0.6) is 11.5 Å². The number of rotatable bonds is 6. The first-order valence-electron chi connectivity index (χ1n) is 9.05. The molecular weight excluding hydrogens is 364 g/mol. The van der Waals surface area contributed by atoms with Crippen LogP contribution in [0.15, 0.2) is 41.3 Å². The summed E-state index contributed by atoms with van der Waals surface area (Å²) in [6.45, 7) is 3.91. The average molecular weight is 391 g/mol. The highest BCUT2D eigenvalue weighted by atomic mass is 32.2. The molecule has 0 amide bonds. The van der Waals surface area contributed by atoms with Crippen molar-refractivity contribution in [1.82, 2.24) is 0 Å². The Balaban J connectivity index is 1.89. The minimum Gasteiger partial charge on any atom is -0.493 e. The first kappa shape index (κ1) is 19.4. The number of methoxy groups -OCH3 is 2. The first-order chi connectivity index (χ1) is 12.9. The number of anilines is 2. The summed E-state index contributed by atoms with van der Waals surface area (Å²) in [6, 6.07) is 10.5. The molecule has 0 bridgehead atoms. The van der Waals surface area contributed by atoms with Gasteiger partial charge in [0.05, 0.1) is 24.8 Å². The average Bonchev–Trinajstić information content (AvgIpc) is 2.69. The van der Waals surface area contributed by atoms with Gasteiger partial charge in [0.2, 0.25) is 0 Å². The Kier molecular flexibility index (Phi) is 5.79. The third kappa shape index (κ3) is 4.30. The van der Waals surface area contributed by atoms with Gasteiger partial charge in [-0.15, -0.1) is 0 Å². The monoisotopic (exact) mass is 390 g/mol. The molecule has 0 aliphatic carbocycles. The molecule has 27 heavy (non-hydrogen) atoms. The van der Waals surface area contributed by atoms with Crippen LogP contribution in [0, 0.1) is 6.92 Å². The molecule has 0 spiro atoms. The van der Waals surface area contributed by atoms with Gasteiger partial charge in [-0.25, -0.2) is 8.42 Å². The second-order valence-corrected chi connectivity index (χ2v) is 8.35. The van der Waals surface area contributed by atoms with Crippen molar-refractivity contribution < 1.29 is 17.9 Å². The molecule has 0 unspecified atom stereocenters. The molecule has 3 rings (SSSR count). The normalized spacial score (nSPS) is 14.7. The van der Waals surface area contributed by atoms with Crippen LogP contribution in [0.3, 0.4) is 0 Å². The second-order valence-electron chi connectivity index (χ2n) is 6.67. The van der Waals surface area contributed by atoms with Gasteiger partial charge >= 0.3 is 0 Å². The predicted molar refractivity (Wildman–Crippen MR) is 108 cm³/mol. The van der Waals surface area contributed by atoms with E-state index in [4.69, 9.17) is 9.47 Å². The lowest BCUT2D eigenvalue weighted by Gasteiger charge is -2.29. The second kappa shape index (κ2) is 8.08. The Morgan fingerprint density at radius 3 is 2.30 bits per heavy atom. The fraction of sp³-hybridized carbons (Fsp3) is 0.400. The lowest BCUT2D eigenvalue weighted by atomic mass is 10.1. The zero-order valence-electron chi connectivity index (χ0n) is 16.0. The van der Waals surface area contributed by atoms with Crippen LogP contribution in [-0.4, -0.2) is 35.7 Å². The van der Waals surface area contributed by atoms with E-state index in [1.165, 1.54) is 45.6 Å². The lowest BCUT2D eigenvalue weighted by molar-refractivity contribution is 0.354. The van der Waals surface area contributed by atoms with E-state index in [-0.39, 0.29) is 4.90 Å². The summed E-state index contributed by atoms with van der Waals surface area (Å²) < 4.78 is 38.9. The van der Waals surface area contributed by atoms with Crippen LogP contribution in [0.25, 0.3) is 0 Å². The third-order valence-electron chi connectivity index (χ3n) is 4.85. The van der Waals surface area contributed by atoms with E-state index in [0.29, 0.717) is 17.2 Å². The van der Waals surface area contributed by atoms with Crippen molar-refractivity contribution in [1.29, 1.82) is 0 Å². The quantitative estimate of drug-likeness (QED) is 0.812. The number of sulfonamides is 1. The van der Waals surface area contributed by atoms with Gasteiger partial charge in [0.25, 0.3) is 10.0 Å². The van der Waals surface area contributed by atoms with Crippen LogP contribution in [0.4, 0.5) is 11.4 Å². The van der Waals surface area contributed by atoms with Gasteiger partial charge in [-0.1, -0.05) is 6.07 Å². The van der Waals surface area contributed by atoms with E-state index in [1.54, 1.807) is 6.07 Å².